The van der Waals surface area contributed by atoms with Gasteiger partial charge in [-0.05, 0) is 35.2 Å². The monoisotopic (exact) mass is 337 g/mol. The van der Waals surface area contributed by atoms with Gasteiger partial charge < -0.3 is 14.5 Å². The molecule has 1 amide bonds. The normalized spacial score (nSPS) is 11.5. The molecule has 0 spiro atoms. The lowest BCUT2D eigenvalue weighted by molar-refractivity contribution is 0.0921. The van der Waals surface area contributed by atoms with Gasteiger partial charge in [-0.15, -0.1) is 0 Å². The van der Waals surface area contributed by atoms with E-state index in [9.17, 15) is 4.79 Å². The van der Waals surface area contributed by atoms with Crippen LogP contribution in [-0.4, -0.2) is 19.1 Å². The average Bonchev–Trinajstić information content (AvgIpc) is 3.02. The topological polar surface area (TPSA) is 51.5 Å². The van der Waals surface area contributed by atoms with E-state index in [0.717, 1.165) is 11.1 Å². The minimum Gasteiger partial charge on any atom is -0.492 e. The van der Waals surface area contributed by atoms with Crippen molar-refractivity contribution in [1.82, 2.24) is 5.32 Å². The second kappa shape index (κ2) is 7.01. The highest BCUT2D eigenvalue weighted by Crippen LogP contribution is 2.24. The molecule has 4 nitrogen and oxygen atoms in total. The van der Waals surface area contributed by atoms with Gasteiger partial charge in [0, 0.05) is 5.39 Å². The Kier molecular flexibility index (Phi) is 4.79. The third-order valence-corrected chi connectivity index (χ3v) is 4.03. The van der Waals surface area contributed by atoms with Crippen LogP contribution in [0.4, 0.5) is 0 Å². The molecule has 0 saturated heterocycles. The van der Waals surface area contributed by atoms with Gasteiger partial charge >= 0.3 is 0 Å². The molecular weight excluding hydrogens is 314 g/mol. The van der Waals surface area contributed by atoms with E-state index in [0.29, 0.717) is 24.5 Å². The zero-order chi connectivity index (χ0) is 17.9. The zero-order valence-electron chi connectivity index (χ0n) is 14.8. The van der Waals surface area contributed by atoms with E-state index in [1.54, 1.807) is 6.07 Å². The number of furan rings is 1. The van der Waals surface area contributed by atoms with Gasteiger partial charge in [-0.3, -0.25) is 4.79 Å². The summed E-state index contributed by atoms with van der Waals surface area (Å²) in [4.78, 5) is 12.1. The quantitative estimate of drug-likeness (QED) is 0.696. The van der Waals surface area contributed by atoms with Crippen LogP contribution in [0.1, 0.15) is 36.9 Å². The number of nitrogens with one attached hydrogen (secondary N) is 1. The molecular formula is C21H23NO3. The van der Waals surface area contributed by atoms with E-state index in [1.165, 1.54) is 5.56 Å². The summed E-state index contributed by atoms with van der Waals surface area (Å²) < 4.78 is 11.2. The maximum atomic E-state index is 12.1. The maximum Gasteiger partial charge on any atom is 0.287 e. The van der Waals surface area contributed by atoms with Crippen molar-refractivity contribution in [3.05, 3.63) is 65.9 Å². The van der Waals surface area contributed by atoms with Crippen LogP contribution in [0, 0.1) is 0 Å². The molecule has 25 heavy (non-hydrogen) atoms. The zero-order valence-corrected chi connectivity index (χ0v) is 14.8. The van der Waals surface area contributed by atoms with E-state index in [-0.39, 0.29) is 11.3 Å². The first-order valence-electron chi connectivity index (χ1n) is 8.43. The lowest BCUT2D eigenvalue weighted by Crippen LogP contribution is -2.27. The van der Waals surface area contributed by atoms with E-state index in [2.05, 4.69) is 38.2 Å². The summed E-state index contributed by atoms with van der Waals surface area (Å²) in [6.45, 7) is 7.35. The van der Waals surface area contributed by atoms with Crippen molar-refractivity contribution in [2.45, 2.75) is 26.2 Å². The molecule has 0 fully saturated rings. The van der Waals surface area contributed by atoms with Gasteiger partial charge in [-0.2, -0.15) is 0 Å². The molecule has 0 aliphatic rings. The molecule has 1 heterocycles. The van der Waals surface area contributed by atoms with Gasteiger partial charge in [0.15, 0.2) is 5.76 Å². The molecule has 1 N–H and O–H groups in total. The lowest BCUT2D eigenvalue weighted by atomic mass is 9.87. The van der Waals surface area contributed by atoms with E-state index < -0.39 is 0 Å². The standard InChI is InChI=1S/C21H23NO3/c1-21(2,3)16-8-10-17(11-9-16)24-13-12-22-20(23)19-14-15-6-4-5-7-18(15)25-19/h4-11,14H,12-13H2,1-3H3,(H,22,23). The molecule has 0 bridgehead atoms. The van der Waals surface area contributed by atoms with Gasteiger partial charge in [-0.25, -0.2) is 0 Å². The smallest absolute Gasteiger partial charge is 0.287 e. The van der Waals surface area contributed by atoms with E-state index >= 15 is 0 Å². The minimum atomic E-state index is -0.233. The molecule has 4 heteroatoms. The summed E-state index contributed by atoms with van der Waals surface area (Å²) in [5, 5.41) is 3.73. The molecule has 3 rings (SSSR count). The first-order valence-corrected chi connectivity index (χ1v) is 8.43. The van der Waals surface area contributed by atoms with E-state index in [4.69, 9.17) is 9.15 Å². The van der Waals surface area contributed by atoms with E-state index in [1.807, 2.05) is 36.4 Å². The molecule has 0 saturated carbocycles. The number of benzene rings is 2. The fraction of sp³-hybridized carbons (Fsp3) is 0.286. The first-order chi connectivity index (χ1) is 11.9. The number of para-hydroxylation sites is 1. The van der Waals surface area contributed by atoms with Crippen LogP contribution in [0.3, 0.4) is 0 Å². The summed E-state index contributed by atoms with van der Waals surface area (Å²) in [6.07, 6.45) is 0. The maximum absolute atomic E-state index is 12.1. The van der Waals surface area contributed by atoms with Crippen molar-refractivity contribution in [1.29, 1.82) is 0 Å². The predicted octanol–water partition coefficient (Wildman–Crippen LogP) is 4.54. The van der Waals surface area contributed by atoms with Gasteiger partial charge in [0.1, 0.15) is 17.9 Å². The molecule has 130 valence electrons. The predicted molar refractivity (Wildman–Crippen MR) is 99.2 cm³/mol. The number of amides is 1. The number of rotatable bonds is 5. The Morgan fingerprint density at radius 3 is 2.48 bits per heavy atom. The van der Waals surface area contributed by atoms with Gasteiger partial charge in [0.05, 0.1) is 6.54 Å². The lowest BCUT2D eigenvalue weighted by Gasteiger charge is -2.19. The Bertz CT molecular complexity index is 824. The van der Waals surface area contributed by atoms with Crippen LogP contribution >= 0.6 is 0 Å². The third-order valence-electron chi connectivity index (χ3n) is 4.03. The highest BCUT2D eigenvalue weighted by Gasteiger charge is 2.13. The second-order valence-electron chi connectivity index (χ2n) is 7.03. The summed E-state index contributed by atoms with van der Waals surface area (Å²) in [5.41, 5.74) is 2.10. The van der Waals surface area contributed by atoms with Crippen molar-refractivity contribution in [2.75, 3.05) is 13.2 Å². The molecule has 0 atom stereocenters. The molecule has 0 aliphatic carbocycles. The van der Waals surface area contributed by atoms with Crippen LogP contribution in [0.25, 0.3) is 11.0 Å². The average molecular weight is 337 g/mol. The number of hydrogen-bond acceptors (Lipinski definition) is 3. The largest absolute Gasteiger partial charge is 0.492 e. The fourth-order valence-electron chi connectivity index (χ4n) is 2.57. The fourth-order valence-corrected chi connectivity index (χ4v) is 2.57. The first kappa shape index (κ1) is 17.1. The molecule has 0 aliphatic heterocycles. The highest BCUT2D eigenvalue weighted by molar-refractivity contribution is 5.96. The SMILES string of the molecule is CC(C)(C)c1ccc(OCCNC(=O)c2cc3ccccc3o2)cc1. The number of carbonyl (C=O) groups is 1. The minimum absolute atomic E-state index is 0.124. The Morgan fingerprint density at radius 2 is 1.80 bits per heavy atom. The van der Waals surface area contributed by atoms with Crippen LogP contribution in [0.2, 0.25) is 0 Å². The van der Waals surface area contributed by atoms with Crippen LogP contribution in [0.5, 0.6) is 5.75 Å². The number of ether oxygens (including phenoxy) is 1. The summed E-state index contributed by atoms with van der Waals surface area (Å²) in [7, 11) is 0. The van der Waals surface area contributed by atoms with Crippen molar-refractivity contribution in [3.8, 4) is 5.75 Å². The van der Waals surface area contributed by atoms with Crippen molar-refractivity contribution < 1.29 is 13.9 Å². The molecule has 1 aromatic heterocycles. The summed E-state index contributed by atoms with van der Waals surface area (Å²) in [5.74, 6) is 0.879. The third kappa shape index (κ3) is 4.21. The molecule has 3 aromatic rings. The number of carbonyl (C=O) groups excluding carboxylic acids is 1. The highest BCUT2D eigenvalue weighted by atomic mass is 16.5. The van der Waals surface area contributed by atoms with Gasteiger partial charge in [0.2, 0.25) is 0 Å². The van der Waals surface area contributed by atoms with Crippen LogP contribution < -0.4 is 10.1 Å². The molecule has 0 unspecified atom stereocenters. The second-order valence-corrected chi connectivity index (χ2v) is 7.03. The molecule has 2 aromatic carbocycles. The Hall–Kier alpha value is -2.75. The van der Waals surface area contributed by atoms with Crippen LogP contribution in [0.15, 0.2) is 59.0 Å². The number of fused-ring (bicyclic) bond motifs is 1. The molecule has 0 radical (unpaired) electrons. The van der Waals surface area contributed by atoms with Crippen LogP contribution in [-0.2, 0) is 5.41 Å². The van der Waals surface area contributed by atoms with Crippen molar-refractivity contribution in [2.24, 2.45) is 0 Å². The van der Waals surface area contributed by atoms with Gasteiger partial charge in [-0.1, -0.05) is 51.1 Å². The van der Waals surface area contributed by atoms with Crippen molar-refractivity contribution >= 4 is 16.9 Å². The van der Waals surface area contributed by atoms with Crippen molar-refractivity contribution in [3.63, 3.8) is 0 Å². The Labute approximate surface area is 147 Å². The summed E-state index contributed by atoms with van der Waals surface area (Å²) in [6, 6.07) is 17.4. The Balaban J connectivity index is 1.48. The summed E-state index contributed by atoms with van der Waals surface area (Å²) >= 11 is 0. The van der Waals surface area contributed by atoms with Gasteiger partial charge in [0.25, 0.3) is 5.91 Å². The Morgan fingerprint density at radius 1 is 1.08 bits per heavy atom. The number of hydrogen-bond donors (Lipinski definition) is 1.